The van der Waals surface area contributed by atoms with Crippen LogP contribution >= 0.6 is 34.5 Å². The van der Waals surface area contributed by atoms with E-state index in [-0.39, 0.29) is 14.9 Å². The third-order valence-corrected chi connectivity index (χ3v) is 7.13. The summed E-state index contributed by atoms with van der Waals surface area (Å²) < 4.78 is 26.9. The lowest BCUT2D eigenvalue weighted by Gasteiger charge is -2.34. The van der Waals surface area contributed by atoms with Gasteiger partial charge in [0, 0.05) is 37.8 Å². The molecule has 0 radical (unpaired) electrons. The van der Waals surface area contributed by atoms with Crippen LogP contribution in [0.4, 0.5) is 5.13 Å². The number of piperazine rings is 1. The van der Waals surface area contributed by atoms with Crippen molar-refractivity contribution in [2.24, 2.45) is 0 Å². The predicted octanol–water partition coefficient (Wildman–Crippen LogP) is 2.96. The van der Waals surface area contributed by atoms with Crippen molar-refractivity contribution in [3.8, 4) is 0 Å². The summed E-state index contributed by atoms with van der Waals surface area (Å²) in [5, 5.41) is 3.11. The maximum absolute atomic E-state index is 12.7. The first-order valence-electron chi connectivity index (χ1n) is 6.59. The third kappa shape index (κ3) is 2.96. The molecule has 2 aromatic rings. The molecule has 5 nitrogen and oxygen atoms in total. The Labute approximate surface area is 143 Å². The van der Waals surface area contributed by atoms with Crippen molar-refractivity contribution in [3.05, 3.63) is 39.8 Å². The van der Waals surface area contributed by atoms with E-state index in [9.17, 15) is 8.42 Å². The molecule has 0 saturated carbocycles. The zero-order valence-corrected chi connectivity index (χ0v) is 14.6. The first-order valence-corrected chi connectivity index (χ1v) is 9.66. The van der Waals surface area contributed by atoms with Crippen LogP contribution in [0.25, 0.3) is 0 Å². The highest BCUT2D eigenvalue weighted by atomic mass is 35.5. The normalized spacial score (nSPS) is 16.9. The lowest BCUT2D eigenvalue weighted by atomic mass is 10.4. The first kappa shape index (κ1) is 16.0. The average Bonchev–Trinajstić information content (AvgIpc) is 3.01. The first-order chi connectivity index (χ1) is 10.5. The van der Waals surface area contributed by atoms with Gasteiger partial charge in [0.25, 0.3) is 0 Å². The maximum atomic E-state index is 12.7. The van der Waals surface area contributed by atoms with Crippen LogP contribution in [0.3, 0.4) is 0 Å². The highest BCUT2D eigenvalue weighted by Crippen LogP contribution is 2.32. The number of anilines is 1. The Morgan fingerprint density at radius 1 is 1.09 bits per heavy atom. The summed E-state index contributed by atoms with van der Waals surface area (Å²) in [5.41, 5.74) is 0. The van der Waals surface area contributed by atoms with E-state index in [1.54, 1.807) is 23.6 Å². The maximum Gasteiger partial charge on any atom is 0.246 e. The molecule has 1 fully saturated rings. The highest BCUT2D eigenvalue weighted by Gasteiger charge is 2.32. The fourth-order valence-corrected chi connectivity index (χ4v) is 5.56. The molecule has 9 heteroatoms. The van der Waals surface area contributed by atoms with Crippen molar-refractivity contribution in [1.82, 2.24) is 9.29 Å². The SMILES string of the molecule is O=S(=O)(c1c(Cl)cccc1Cl)N1CCN(c2nccs2)CC1. The molecule has 0 unspecified atom stereocenters. The number of hydrogen-bond acceptors (Lipinski definition) is 5. The second-order valence-electron chi connectivity index (χ2n) is 4.76. The number of aromatic nitrogens is 1. The van der Waals surface area contributed by atoms with Crippen LogP contribution < -0.4 is 4.90 Å². The largest absolute Gasteiger partial charge is 0.345 e. The van der Waals surface area contributed by atoms with E-state index < -0.39 is 10.0 Å². The molecule has 1 aliphatic rings. The highest BCUT2D eigenvalue weighted by molar-refractivity contribution is 7.89. The lowest BCUT2D eigenvalue weighted by Crippen LogP contribution is -2.48. The molecule has 0 spiro atoms. The van der Waals surface area contributed by atoms with Crippen LogP contribution in [0.5, 0.6) is 0 Å². The van der Waals surface area contributed by atoms with E-state index in [0.717, 1.165) is 5.13 Å². The van der Waals surface area contributed by atoms with Crippen molar-refractivity contribution in [2.75, 3.05) is 31.1 Å². The minimum Gasteiger partial charge on any atom is -0.345 e. The van der Waals surface area contributed by atoms with Crippen molar-refractivity contribution in [2.45, 2.75) is 4.90 Å². The molecule has 0 N–H and O–H groups in total. The van der Waals surface area contributed by atoms with Gasteiger partial charge in [-0.05, 0) is 12.1 Å². The number of benzene rings is 1. The van der Waals surface area contributed by atoms with Gasteiger partial charge in [0.05, 0.1) is 10.0 Å². The van der Waals surface area contributed by atoms with Gasteiger partial charge in [0.1, 0.15) is 4.90 Å². The molecule has 22 heavy (non-hydrogen) atoms. The molecule has 3 rings (SSSR count). The Morgan fingerprint density at radius 2 is 1.73 bits per heavy atom. The van der Waals surface area contributed by atoms with Gasteiger partial charge in [0.15, 0.2) is 5.13 Å². The summed E-state index contributed by atoms with van der Waals surface area (Å²) in [6.07, 6.45) is 1.74. The van der Waals surface area contributed by atoms with Gasteiger partial charge in [-0.2, -0.15) is 4.31 Å². The summed E-state index contributed by atoms with van der Waals surface area (Å²) in [5.74, 6) is 0. The summed E-state index contributed by atoms with van der Waals surface area (Å²) >= 11 is 13.6. The zero-order chi connectivity index (χ0) is 15.7. The van der Waals surface area contributed by atoms with Gasteiger partial charge in [-0.1, -0.05) is 29.3 Å². The summed E-state index contributed by atoms with van der Waals surface area (Å²) in [6, 6.07) is 4.70. The summed E-state index contributed by atoms with van der Waals surface area (Å²) in [4.78, 5) is 6.31. The number of sulfonamides is 1. The topological polar surface area (TPSA) is 53.5 Å². The fourth-order valence-electron chi connectivity index (χ4n) is 2.35. The van der Waals surface area contributed by atoms with Gasteiger partial charge in [-0.25, -0.2) is 13.4 Å². The van der Waals surface area contributed by atoms with Crippen molar-refractivity contribution in [3.63, 3.8) is 0 Å². The average molecular weight is 378 g/mol. The number of thiazole rings is 1. The van der Waals surface area contributed by atoms with Crippen LogP contribution in [0.15, 0.2) is 34.7 Å². The van der Waals surface area contributed by atoms with Gasteiger partial charge >= 0.3 is 0 Å². The number of nitrogens with zero attached hydrogens (tertiary/aromatic N) is 3. The molecule has 0 atom stereocenters. The standard InChI is InChI=1S/C13H13Cl2N3O2S2/c14-10-2-1-3-11(15)12(10)22(19,20)18-7-5-17(6-8-18)13-16-4-9-21-13/h1-4,9H,5-8H2. The molecule has 1 aromatic heterocycles. The van der Waals surface area contributed by atoms with Gasteiger partial charge in [0.2, 0.25) is 10.0 Å². The Hall–Kier alpha value is -0.860. The van der Waals surface area contributed by atoms with Gasteiger partial charge < -0.3 is 4.90 Å². The molecule has 1 saturated heterocycles. The van der Waals surface area contributed by atoms with Crippen LogP contribution in [0, 0.1) is 0 Å². The molecule has 0 bridgehead atoms. The summed E-state index contributed by atoms with van der Waals surface area (Å²) in [7, 11) is -3.69. The number of halogens is 2. The molecular weight excluding hydrogens is 365 g/mol. The minimum absolute atomic E-state index is 0.0129. The molecular formula is C13H13Cl2N3O2S2. The molecule has 1 aliphatic heterocycles. The Balaban J connectivity index is 1.81. The van der Waals surface area contributed by atoms with E-state index in [0.29, 0.717) is 26.2 Å². The second kappa shape index (κ2) is 6.33. The minimum atomic E-state index is -3.69. The molecule has 1 aromatic carbocycles. The van der Waals surface area contributed by atoms with E-state index in [1.807, 2.05) is 5.38 Å². The Bertz CT molecular complexity index is 737. The monoisotopic (exact) mass is 377 g/mol. The van der Waals surface area contributed by atoms with E-state index in [2.05, 4.69) is 9.88 Å². The quantitative estimate of drug-likeness (QED) is 0.824. The Kier molecular flexibility index (Phi) is 4.61. The summed E-state index contributed by atoms with van der Waals surface area (Å²) in [6.45, 7) is 1.94. The van der Waals surface area contributed by atoms with Gasteiger partial charge in [-0.15, -0.1) is 11.3 Å². The fraction of sp³-hybridized carbons (Fsp3) is 0.308. The van der Waals surface area contributed by atoms with Crippen LogP contribution in [0.1, 0.15) is 0 Å². The van der Waals surface area contributed by atoms with Crippen LogP contribution in [-0.4, -0.2) is 43.9 Å². The van der Waals surface area contributed by atoms with Crippen LogP contribution in [0.2, 0.25) is 10.0 Å². The van der Waals surface area contributed by atoms with E-state index >= 15 is 0 Å². The van der Waals surface area contributed by atoms with Crippen LogP contribution in [-0.2, 0) is 10.0 Å². The molecule has 118 valence electrons. The number of rotatable bonds is 3. The van der Waals surface area contributed by atoms with Gasteiger partial charge in [-0.3, -0.25) is 0 Å². The predicted molar refractivity (Wildman–Crippen MR) is 89.5 cm³/mol. The number of hydrogen-bond donors (Lipinski definition) is 0. The smallest absolute Gasteiger partial charge is 0.246 e. The van der Waals surface area contributed by atoms with Crippen molar-refractivity contribution >= 4 is 49.7 Å². The Morgan fingerprint density at radius 3 is 2.27 bits per heavy atom. The van der Waals surface area contributed by atoms with Crippen molar-refractivity contribution < 1.29 is 8.42 Å². The zero-order valence-electron chi connectivity index (χ0n) is 11.4. The lowest BCUT2D eigenvalue weighted by molar-refractivity contribution is 0.385. The molecule has 0 amide bonds. The molecule has 0 aliphatic carbocycles. The van der Waals surface area contributed by atoms with E-state index in [4.69, 9.17) is 23.2 Å². The third-order valence-electron chi connectivity index (χ3n) is 3.45. The van der Waals surface area contributed by atoms with Crippen molar-refractivity contribution in [1.29, 1.82) is 0 Å². The second-order valence-corrected chi connectivity index (χ2v) is 8.32. The molecule has 2 heterocycles. The van der Waals surface area contributed by atoms with E-state index in [1.165, 1.54) is 16.4 Å².